The zero-order valence-electron chi connectivity index (χ0n) is 51.0. The van der Waals surface area contributed by atoms with Crippen molar-refractivity contribution in [2.24, 2.45) is 0 Å². The number of aromatic nitrogens is 10. The first-order chi connectivity index (χ1) is 40.0. The van der Waals surface area contributed by atoms with E-state index in [1.807, 2.05) is 107 Å². The van der Waals surface area contributed by atoms with Gasteiger partial charge in [-0.25, -0.2) is 33.8 Å². The Kier molecular flexibility index (Phi) is 33.3. The number of esters is 3. The van der Waals surface area contributed by atoms with Crippen LogP contribution in [0.2, 0.25) is 0 Å². The van der Waals surface area contributed by atoms with Crippen LogP contribution in [0, 0.1) is 7.43 Å². The monoisotopic (exact) mass is 1350 g/mol. The molecule has 9 heterocycles. The Morgan fingerprint density at radius 3 is 1.68 bits per heavy atom. The number of H-pyrrole nitrogens is 1. The minimum atomic E-state index is -0.446. The molecule has 9 rings (SSSR count). The number of likely N-dealkylation sites (N-methyl/N-ethyl adjacent to an activating group) is 1. The van der Waals surface area contributed by atoms with Crippen LogP contribution in [0.3, 0.4) is 0 Å². The van der Waals surface area contributed by atoms with Crippen LogP contribution < -0.4 is 16.4 Å². The number of halogens is 1. The molecule has 2 aliphatic rings. The van der Waals surface area contributed by atoms with Crippen LogP contribution in [0.4, 0.5) is 17.5 Å². The van der Waals surface area contributed by atoms with E-state index in [0.29, 0.717) is 48.3 Å². The molecule has 0 spiro atoms. The van der Waals surface area contributed by atoms with Gasteiger partial charge in [-0.1, -0.05) is 42.8 Å². The SMILES string of the molecule is Brc1ccccn1.C.CC(C)=CC(=O)c1ccccn1.CCOC(=O)c1cn[nH]c1N.CCOC(=O)c1cnn2c1NC(c1ccccn1)=CC2(C)C.CCOC(=O)c1cnn2c1NC(c1ccccn1)CC2(C)C.CON(C)C(=O)C=C(C)C.[CH3-].[HH].[Pd]. The number of nitrogens with zero attached hydrogens (tertiary/aromatic N) is 10. The van der Waals surface area contributed by atoms with Crippen molar-refractivity contribution < 1.29 is 64.9 Å². The van der Waals surface area contributed by atoms with Crippen LogP contribution >= 0.6 is 15.9 Å². The number of rotatable bonds is 12. The second-order valence-corrected chi connectivity index (χ2v) is 20.5. The summed E-state index contributed by atoms with van der Waals surface area (Å²) in [6.45, 7) is 22.1. The van der Waals surface area contributed by atoms with E-state index in [-0.39, 0.29) is 88.8 Å². The summed E-state index contributed by atoms with van der Waals surface area (Å²) in [7, 11) is 3.03. The summed E-state index contributed by atoms with van der Waals surface area (Å²) in [5.41, 5.74) is 11.0. The molecule has 1 unspecified atom stereocenters. The van der Waals surface area contributed by atoms with Crippen molar-refractivity contribution >= 4 is 68.7 Å². The number of carbonyl (C=O) groups is 5. The number of nitrogens with one attached hydrogen (secondary N) is 3. The van der Waals surface area contributed by atoms with E-state index in [0.717, 1.165) is 39.3 Å². The maximum atomic E-state index is 12.1. The summed E-state index contributed by atoms with van der Waals surface area (Å²) in [6, 6.07) is 22.6. The van der Waals surface area contributed by atoms with Gasteiger partial charge < -0.3 is 38.0 Å². The van der Waals surface area contributed by atoms with Crippen molar-refractivity contribution in [3.05, 3.63) is 191 Å². The average molecular weight is 1360 g/mol. The number of pyridine rings is 4. The quantitative estimate of drug-likeness (QED) is 0.0129. The van der Waals surface area contributed by atoms with Crippen molar-refractivity contribution in [2.75, 3.05) is 50.3 Å². The van der Waals surface area contributed by atoms with Gasteiger partial charge in [0.05, 0.1) is 79.7 Å². The zero-order valence-corrected chi connectivity index (χ0v) is 54.2. The molecule has 7 aromatic rings. The van der Waals surface area contributed by atoms with E-state index in [1.165, 1.54) is 30.6 Å². The molecule has 25 heteroatoms. The Bertz CT molecular complexity index is 3330. The largest absolute Gasteiger partial charge is 0.462 e. The number of nitrogen functional groups attached to an aromatic ring is 1. The van der Waals surface area contributed by atoms with E-state index >= 15 is 0 Å². The van der Waals surface area contributed by atoms with Gasteiger partial charge in [0.1, 0.15) is 44.4 Å². The molecule has 474 valence electrons. The van der Waals surface area contributed by atoms with Crippen molar-refractivity contribution in [3.63, 3.8) is 0 Å². The first kappa shape index (κ1) is 76.5. The van der Waals surface area contributed by atoms with Crippen molar-refractivity contribution in [2.45, 2.75) is 107 Å². The molecular weight excluding hydrogens is 1270 g/mol. The second-order valence-electron chi connectivity index (χ2n) is 19.7. The molecule has 2 aliphatic heterocycles. The third-order valence-corrected chi connectivity index (χ3v) is 12.0. The molecule has 5 N–H and O–H groups in total. The number of anilines is 3. The van der Waals surface area contributed by atoms with Gasteiger partial charge in [-0.3, -0.25) is 34.5 Å². The number of allylic oxidation sites excluding steroid dienone is 4. The standard InChI is InChI=1S/C16H20N4O2.C16H18N4O2.C10H11NO.C7H13NO2.C6H9N3O2.C5H4BrN.CH4.CH3.Pd.H2/c2*1-4-22-15(21)11-10-18-20-14(11)19-13(9-16(20,2)3)12-7-5-6-8-17-12;1-8(2)7-10(12)9-5-3-4-6-11-9;1-6(2)5-7(9)8(3)10-4;1-2-11-6(10)4-3-8-9-5(4)7;6-5-3-1-2-4-7-5;;;;/h5-8,10,13,19H,4,9H2,1-3H3;5-10,19H,4H2,1-3H3;3-7H,1-2H3;5H,1-4H3;3H,2H2,1H3,(H3,7,8,9);1-4H;1H4;1H3;;1H/q;;;;;;;-1;;. The molecule has 0 aliphatic carbocycles. The summed E-state index contributed by atoms with van der Waals surface area (Å²) in [5.74, 6) is 0.222. The fourth-order valence-electron chi connectivity index (χ4n) is 7.65. The Hall–Kier alpha value is -8.50. The number of fused-ring (bicyclic) bond motifs is 2. The van der Waals surface area contributed by atoms with Gasteiger partial charge in [0.25, 0.3) is 5.91 Å². The molecule has 0 saturated carbocycles. The predicted octanol–water partition coefficient (Wildman–Crippen LogP) is 11.9. The van der Waals surface area contributed by atoms with Gasteiger partial charge in [0.2, 0.25) is 5.78 Å². The molecule has 0 bridgehead atoms. The molecule has 7 aromatic heterocycles. The van der Waals surface area contributed by atoms with Crippen LogP contribution in [-0.4, -0.2) is 118 Å². The third kappa shape index (κ3) is 23.7. The Morgan fingerprint density at radius 1 is 0.713 bits per heavy atom. The Morgan fingerprint density at radius 2 is 1.23 bits per heavy atom. The molecule has 0 radical (unpaired) electrons. The van der Waals surface area contributed by atoms with E-state index in [4.69, 9.17) is 15.2 Å². The number of hydroxylamine groups is 2. The van der Waals surface area contributed by atoms with E-state index < -0.39 is 5.97 Å². The van der Waals surface area contributed by atoms with Crippen molar-refractivity contribution in [3.8, 4) is 0 Å². The van der Waals surface area contributed by atoms with E-state index in [1.54, 1.807) is 87.8 Å². The molecule has 0 fully saturated rings. The number of ketones is 1. The van der Waals surface area contributed by atoms with Gasteiger partial charge in [0.15, 0.2) is 0 Å². The van der Waals surface area contributed by atoms with Crippen LogP contribution in [0.1, 0.15) is 150 Å². The van der Waals surface area contributed by atoms with Crippen molar-refractivity contribution in [1.82, 2.24) is 54.8 Å². The van der Waals surface area contributed by atoms with E-state index in [9.17, 15) is 24.0 Å². The molecule has 0 saturated heterocycles. The maximum absolute atomic E-state index is 12.1. The smallest absolute Gasteiger partial charge is 0.343 e. The molecule has 1 atom stereocenters. The van der Waals surface area contributed by atoms with Crippen LogP contribution in [0.25, 0.3) is 5.70 Å². The van der Waals surface area contributed by atoms with Gasteiger partial charge in [-0.15, -0.1) is 0 Å². The predicted molar refractivity (Wildman–Crippen MR) is 339 cm³/mol. The number of hydrogen-bond donors (Lipinski definition) is 4. The fraction of sp³-hybridized carbons (Fsp3) is 0.339. The molecule has 87 heavy (non-hydrogen) atoms. The van der Waals surface area contributed by atoms with Gasteiger partial charge >= 0.3 is 17.9 Å². The normalized spacial score (nSPS) is 12.9. The average Bonchev–Trinajstić information content (AvgIpc) is 1.72. The van der Waals surface area contributed by atoms with E-state index in [2.05, 4.69) is 90.3 Å². The molecular formula is C62H84BrN14O9Pd-. The molecule has 1 amide bonds. The number of ether oxygens (including phenoxy) is 3. The van der Waals surface area contributed by atoms with Crippen LogP contribution in [0.15, 0.2) is 150 Å². The number of hydrogen-bond acceptors (Lipinski definition) is 19. The minimum Gasteiger partial charge on any atom is -0.462 e. The fourth-order valence-corrected chi connectivity index (χ4v) is 7.92. The summed E-state index contributed by atoms with van der Waals surface area (Å²) < 4.78 is 19.4. The summed E-state index contributed by atoms with van der Waals surface area (Å²) in [6.07, 6.45) is 17.3. The van der Waals surface area contributed by atoms with Crippen LogP contribution in [-0.2, 0) is 55.3 Å². The topological polar surface area (TPSA) is 291 Å². The minimum absolute atomic E-state index is 0. The molecule has 0 aromatic carbocycles. The molecule has 23 nitrogen and oxygen atoms in total. The summed E-state index contributed by atoms with van der Waals surface area (Å²) in [4.78, 5) is 78.6. The van der Waals surface area contributed by atoms with Crippen LogP contribution in [0.5, 0.6) is 0 Å². The van der Waals surface area contributed by atoms with Gasteiger partial charge in [-0.2, -0.15) is 15.3 Å². The van der Waals surface area contributed by atoms with Gasteiger partial charge in [0, 0.05) is 59.8 Å². The summed E-state index contributed by atoms with van der Waals surface area (Å²) >= 11 is 3.20. The maximum Gasteiger partial charge on any atom is 0.343 e. The number of amides is 1. The Balaban J connectivity index is 0.00000107. The number of aromatic amines is 1. The number of carbonyl (C=O) groups excluding carboxylic acids is 5. The van der Waals surface area contributed by atoms with Gasteiger partial charge in [-0.05, 0) is 159 Å². The second kappa shape index (κ2) is 37.8. The first-order valence-corrected chi connectivity index (χ1v) is 27.5. The summed E-state index contributed by atoms with van der Waals surface area (Å²) in [5, 5.41) is 22.5. The third-order valence-electron chi connectivity index (χ3n) is 11.5. The first-order valence-electron chi connectivity index (χ1n) is 26.7. The Labute approximate surface area is 534 Å². The number of nitrogens with two attached hydrogens (primary N) is 1. The van der Waals surface area contributed by atoms with Crippen molar-refractivity contribution in [1.29, 1.82) is 0 Å². The zero-order chi connectivity index (χ0) is 62.0.